The molecule has 8 heteroatoms. The number of urea groups is 1. The van der Waals surface area contributed by atoms with Crippen molar-refractivity contribution in [1.29, 1.82) is 0 Å². The van der Waals surface area contributed by atoms with Crippen LogP contribution in [0.3, 0.4) is 0 Å². The third-order valence-electron chi connectivity index (χ3n) is 4.32. The number of furan rings is 1. The number of hydrogen-bond donors (Lipinski definition) is 2. The molecule has 2 aromatic heterocycles. The van der Waals surface area contributed by atoms with E-state index >= 15 is 0 Å². The Bertz CT molecular complexity index is 751. The third kappa shape index (κ3) is 4.01. The van der Waals surface area contributed by atoms with Gasteiger partial charge in [0.05, 0.1) is 17.9 Å². The Morgan fingerprint density at radius 2 is 2.20 bits per heavy atom. The molecule has 3 heterocycles. The van der Waals surface area contributed by atoms with Crippen LogP contribution in [0.2, 0.25) is 0 Å². The molecule has 3 amide bonds. The number of likely N-dealkylation sites (N-methyl/N-ethyl adjacent to an activating group) is 1. The van der Waals surface area contributed by atoms with E-state index in [0.717, 1.165) is 30.8 Å². The molecule has 0 bridgehead atoms. The number of piperidine rings is 1. The number of aromatic nitrogens is 2. The van der Waals surface area contributed by atoms with Crippen molar-refractivity contribution in [3.8, 4) is 0 Å². The summed E-state index contributed by atoms with van der Waals surface area (Å²) < 4.78 is 7.22. The summed E-state index contributed by atoms with van der Waals surface area (Å²) in [6.45, 7) is 2.70. The van der Waals surface area contributed by atoms with Crippen molar-refractivity contribution in [3.63, 3.8) is 0 Å². The molecule has 0 radical (unpaired) electrons. The lowest BCUT2D eigenvalue weighted by Gasteiger charge is -2.34. The lowest BCUT2D eigenvalue weighted by molar-refractivity contribution is -0.121. The fourth-order valence-corrected chi connectivity index (χ4v) is 3.04. The molecule has 1 saturated heterocycles. The van der Waals surface area contributed by atoms with Gasteiger partial charge in [0.1, 0.15) is 18.1 Å². The van der Waals surface area contributed by atoms with Gasteiger partial charge in [-0.2, -0.15) is 5.10 Å². The van der Waals surface area contributed by atoms with E-state index in [1.54, 1.807) is 18.1 Å². The molecule has 0 aliphatic carbocycles. The van der Waals surface area contributed by atoms with E-state index in [2.05, 4.69) is 15.7 Å². The maximum atomic E-state index is 12.7. The Balaban J connectivity index is 1.67. The van der Waals surface area contributed by atoms with Crippen molar-refractivity contribution in [3.05, 3.63) is 36.0 Å². The van der Waals surface area contributed by atoms with Gasteiger partial charge in [-0.15, -0.1) is 0 Å². The second-order valence-electron chi connectivity index (χ2n) is 6.18. The monoisotopic (exact) mass is 345 g/mol. The molecule has 0 spiro atoms. The van der Waals surface area contributed by atoms with Crippen molar-refractivity contribution >= 4 is 17.6 Å². The molecule has 1 atom stereocenters. The summed E-state index contributed by atoms with van der Waals surface area (Å²) in [6, 6.07) is 3.62. The molecule has 1 fully saturated rings. The van der Waals surface area contributed by atoms with Gasteiger partial charge in [-0.05, 0) is 38.3 Å². The standard InChI is InChI=1S/C17H23N5O3/c1-12-6-7-15(25-12)14-5-3-4-8-22(14)17(24)20-13-9-19-21(10-13)11-16(23)18-2/h6-7,9-10,14H,3-5,8,11H2,1-2H3,(H,18,23)(H,20,24)/t14-/m1/s1. The Hall–Kier alpha value is -2.77. The predicted molar refractivity (Wildman–Crippen MR) is 92.1 cm³/mol. The predicted octanol–water partition coefficient (Wildman–Crippen LogP) is 2.29. The van der Waals surface area contributed by atoms with Gasteiger partial charge >= 0.3 is 6.03 Å². The first-order valence-electron chi connectivity index (χ1n) is 8.44. The summed E-state index contributed by atoms with van der Waals surface area (Å²) in [5, 5.41) is 9.48. The molecule has 2 N–H and O–H groups in total. The van der Waals surface area contributed by atoms with Crippen LogP contribution in [0.4, 0.5) is 10.5 Å². The first-order chi connectivity index (χ1) is 12.1. The Morgan fingerprint density at radius 1 is 1.36 bits per heavy atom. The zero-order valence-electron chi connectivity index (χ0n) is 14.5. The topological polar surface area (TPSA) is 92.4 Å². The van der Waals surface area contributed by atoms with Crippen molar-refractivity contribution in [2.45, 2.75) is 38.8 Å². The summed E-state index contributed by atoms with van der Waals surface area (Å²) in [5.41, 5.74) is 0.564. The largest absolute Gasteiger partial charge is 0.464 e. The van der Waals surface area contributed by atoms with Gasteiger partial charge < -0.3 is 20.0 Å². The highest BCUT2D eigenvalue weighted by atomic mass is 16.3. The fraction of sp³-hybridized carbons (Fsp3) is 0.471. The highest BCUT2D eigenvalue weighted by Crippen LogP contribution is 2.32. The van der Waals surface area contributed by atoms with Crippen molar-refractivity contribution < 1.29 is 14.0 Å². The number of carbonyl (C=O) groups is 2. The number of rotatable bonds is 4. The minimum atomic E-state index is -0.182. The van der Waals surface area contributed by atoms with Gasteiger partial charge in [-0.3, -0.25) is 9.48 Å². The summed E-state index contributed by atoms with van der Waals surface area (Å²) in [5.74, 6) is 1.52. The highest BCUT2D eigenvalue weighted by molar-refractivity contribution is 5.89. The van der Waals surface area contributed by atoms with Gasteiger partial charge in [-0.1, -0.05) is 0 Å². The Kier molecular flexibility index (Phi) is 5.06. The molecular formula is C17H23N5O3. The second kappa shape index (κ2) is 7.42. The van der Waals surface area contributed by atoms with Crippen molar-refractivity contribution in [2.75, 3.05) is 18.9 Å². The van der Waals surface area contributed by atoms with Crippen LogP contribution in [0, 0.1) is 6.92 Å². The number of aryl methyl sites for hydroxylation is 1. The van der Waals surface area contributed by atoms with Gasteiger partial charge in [-0.25, -0.2) is 4.79 Å². The molecular weight excluding hydrogens is 322 g/mol. The number of amides is 3. The summed E-state index contributed by atoms with van der Waals surface area (Å²) in [6.07, 6.45) is 6.11. The van der Waals surface area contributed by atoms with Gasteiger partial charge in [0, 0.05) is 19.8 Å². The molecule has 8 nitrogen and oxygen atoms in total. The van der Waals surface area contributed by atoms with Crippen LogP contribution in [-0.2, 0) is 11.3 Å². The van der Waals surface area contributed by atoms with Crippen LogP contribution in [-0.4, -0.2) is 40.2 Å². The summed E-state index contributed by atoms with van der Waals surface area (Å²) in [7, 11) is 1.57. The van der Waals surface area contributed by atoms with Crippen molar-refractivity contribution in [2.24, 2.45) is 0 Å². The van der Waals surface area contributed by atoms with Crippen LogP contribution in [0.1, 0.15) is 36.8 Å². The second-order valence-corrected chi connectivity index (χ2v) is 6.18. The smallest absolute Gasteiger partial charge is 0.322 e. The van der Waals surface area contributed by atoms with Gasteiger partial charge in [0.25, 0.3) is 0 Å². The van der Waals surface area contributed by atoms with Crippen LogP contribution in [0.15, 0.2) is 28.9 Å². The lowest BCUT2D eigenvalue weighted by atomic mass is 10.0. The number of anilines is 1. The molecule has 2 aromatic rings. The first-order valence-corrected chi connectivity index (χ1v) is 8.44. The number of nitrogens with zero attached hydrogens (tertiary/aromatic N) is 3. The molecule has 25 heavy (non-hydrogen) atoms. The lowest BCUT2D eigenvalue weighted by Crippen LogP contribution is -2.41. The summed E-state index contributed by atoms with van der Waals surface area (Å²) in [4.78, 5) is 25.9. The molecule has 134 valence electrons. The average molecular weight is 345 g/mol. The van der Waals surface area contributed by atoms with E-state index in [0.29, 0.717) is 12.2 Å². The zero-order chi connectivity index (χ0) is 17.8. The Labute approximate surface area is 146 Å². The van der Waals surface area contributed by atoms with E-state index in [-0.39, 0.29) is 24.5 Å². The maximum absolute atomic E-state index is 12.7. The van der Waals surface area contributed by atoms with Crippen LogP contribution in [0.5, 0.6) is 0 Å². The molecule has 3 rings (SSSR count). The molecule has 1 aliphatic rings. The minimum Gasteiger partial charge on any atom is -0.464 e. The van der Waals surface area contributed by atoms with E-state index in [9.17, 15) is 9.59 Å². The average Bonchev–Trinajstić information content (AvgIpc) is 3.23. The quantitative estimate of drug-likeness (QED) is 0.889. The SMILES string of the molecule is CNC(=O)Cn1cc(NC(=O)N2CCCC[C@@H]2c2ccc(C)o2)cn1. The number of likely N-dealkylation sites (tertiary alicyclic amines) is 1. The van der Waals surface area contributed by atoms with E-state index < -0.39 is 0 Å². The molecule has 0 unspecified atom stereocenters. The van der Waals surface area contributed by atoms with Crippen LogP contribution >= 0.6 is 0 Å². The molecule has 0 aromatic carbocycles. The van der Waals surface area contributed by atoms with Gasteiger partial charge in [0.15, 0.2) is 0 Å². The number of hydrogen-bond acceptors (Lipinski definition) is 4. The number of carbonyl (C=O) groups excluding carboxylic acids is 2. The van der Waals surface area contributed by atoms with Gasteiger partial charge in [0.2, 0.25) is 5.91 Å². The highest BCUT2D eigenvalue weighted by Gasteiger charge is 2.30. The van der Waals surface area contributed by atoms with E-state index in [4.69, 9.17) is 4.42 Å². The van der Waals surface area contributed by atoms with E-state index in [1.165, 1.54) is 10.9 Å². The van der Waals surface area contributed by atoms with Crippen LogP contribution in [0.25, 0.3) is 0 Å². The normalized spacial score (nSPS) is 17.4. The first kappa shape index (κ1) is 17.1. The van der Waals surface area contributed by atoms with Crippen molar-refractivity contribution in [1.82, 2.24) is 20.0 Å². The Morgan fingerprint density at radius 3 is 2.92 bits per heavy atom. The molecule has 0 saturated carbocycles. The van der Waals surface area contributed by atoms with E-state index in [1.807, 2.05) is 19.1 Å². The third-order valence-corrected chi connectivity index (χ3v) is 4.32. The molecule has 1 aliphatic heterocycles. The minimum absolute atomic E-state index is 0.0524. The fourth-order valence-electron chi connectivity index (χ4n) is 3.04. The summed E-state index contributed by atoms with van der Waals surface area (Å²) >= 11 is 0. The number of nitrogens with one attached hydrogen (secondary N) is 2. The zero-order valence-corrected chi connectivity index (χ0v) is 14.5. The van der Waals surface area contributed by atoms with Crippen LogP contribution < -0.4 is 10.6 Å². The maximum Gasteiger partial charge on any atom is 0.322 e.